The number of carbonyl (C=O) groups excluding carboxylic acids is 1. The lowest BCUT2D eigenvalue weighted by Gasteiger charge is -2.16. The number of nitrogens with one attached hydrogen (secondary N) is 2. The standard InChI is InChI=1S/C22H29N3O6S2/c1-16(2)17-5-7-18(8-6-17)32(28,29)23-12-11-22(27)24-20-15-19(9-10-21(20)26)33(30,31)25-13-3-4-14-25/h5-10,15-16,23,26H,3-4,11-14H2,1-2H3,(H,24,27). The molecule has 0 atom stereocenters. The second-order valence-corrected chi connectivity index (χ2v) is 11.9. The normalized spacial score (nSPS) is 15.1. The van der Waals surface area contributed by atoms with Gasteiger partial charge in [-0.2, -0.15) is 4.31 Å². The molecular weight excluding hydrogens is 466 g/mol. The molecule has 0 saturated carbocycles. The van der Waals surface area contributed by atoms with Crippen LogP contribution in [0.1, 0.15) is 44.6 Å². The van der Waals surface area contributed by atoms with Crippen molar-refractivity contribution < 1.29 is 26.7 Å². The fourth-order valence-electron chi connectivity index (χ4n) is 3.48. The molecule has 0 aromatic heterocycles. The Morgan fingerprint density at radius 3 is 2.21 bits per heavy atom. The highest BCUT2D eigenvalue weighted by atomic mass is 32.2. The summed E-state index contributed by atoms with van der Waals surface area (Å²) in [6.07, 6.45) is 1.38. The maximum absolute atomic E-state index is 12.7. The van der Waals surface area contributed by atoms with Gasteiger partial charge < -0.3 is 10.4 Å². The predicted molar refractivity (Wildman–Crippen MR) is 125 cm³/mol. The van der Waals surface area contributed by atoms with E-state index in [-0.39, 0.29) is 40.1 Å². The van der Waals surface area contributed by atoms with E-state index in [2.05, 4.69) is 10.0 Å². The number of phenols is 1. The average molecular weight is 496 g/mol. The minimum atomic E-state index is -3.78. The van der Waals surface area contributed by atoms with Crippen molar-refractivity contribution in [2.75, 3.05) is 25.0 Å². The van der Waals surface area contributed by atoms with Gasteiger partial charge in [0.15, 0.2) is 0 Å². The average Bonchev–Trinajstić information content (AvgIpc) is 3.31. The van der Waals surface area contributed by atoms with Crippen LogP contribution in [0.25, 0.3) is 0 Å². The van der Waals surface area contributed by atoms with Crippen LogP contribution in [0.2, 0.25) is 0 Å². The molecule has 2 aromatic carbocycles. The van der Waals surface area contributed by atoms with Gasteiger partial charge in [0.1, 0.15) is 5.75 Å². The zero-order chi connectivity index (χ0) is 24.2. The zero-order valence-electron chi connectivity index (χ0n) is 18.6. The highest BCUT2D eigenvalue weighted by Crippen LogP contribution is 2.29. The molecule has 1 heterocycles. The largest absolute Gasteiger partial charge is 0.506 e. The summed E-state index contributed by atoms with van der Waals surface area (Å²) < 4.78 is 54.0. The number of nitrogens with zero attached hydrogens (tertiary/aromatic N) is 1. The Hall–Kier alpha value is -2.47. The number of aromatic hydroxyl groups is 1. The van der Waals surface area contributed by atoms with Crippen LogP contribution in [0.4, 0.5) is 5.69 Å². The first-order chi connectivity index (χ1) is 15.5. The van der Waals surface area contributed by atoms with Crippen LogP contribution in [0.15, 0.2) is 52.3 Å². The summed E-state index contributed by atoms with van der Waals surface area (Å²) in [4.78, 5) is 12.4. The maximum atomic E-state index is 12.7. The molecule has 9 nitrogen and oxygen atoms in total. The summed E-state index contributed by atoms with van der Waals surface area (Å²) in [7, 11) is -7.49. The van der Waals surface area contributed by atoms with Gasteiger partial charge in [-0.25, -0.2) is 21.6 Å². The molecule has 1 aliphatic heterocycles. The van der Waals surface area contributed by atoms with E-state index >= 15 is 0 Å². The van der Waals surface area contributed by atoms with Gasteiger partial charge in [0.05, 0.1) is 15.5 Å². The van der Waals surface area contributed by atoms with Gasteiger partial charge >= 0.3 is 0 Å². The third kappa shape index (κ3) is 6.11. The number of benzene rings is 2. The number of hydrogen-bond donors (Lipinski definition) is 3. The monoisotopic (exact) mass is 495 g/mol. The van der Waals surface area contributed by atoms with Crippen LogP contribution in [-0.2, 0) is 24.8 Å². The summed E-state index contributed by atoms with van der Waals surface area (Å²) in [5.41, 5.74) is 0.967. The van der Waals surface area contributed by atoms with E-state index in [0.717, 1.165) is 18.4 Å². The molecule has 3 rings (SSSR count). The Bertz CT molecular complexity index is 1200. The highest BCUT2D eigenvalue weighted by Gasteiger charge is 2.28. The van der Waals surface area contributed by atoms with Crippen LogP contribution in [0.3, 0.4) is 0 Å². The van der Waals surface area contributed by atoms with Crippen molar-refractivity contribution in [3.63, 3.8) is 0 Å². The number of amides is 1. The summed E-state index contributed by atoms with van der Waals surface area (Å²) in [6.45, 7) is 4.73. The third-order valence-corrected chi connectivity index (χ3v) is 8.82. The van der Waals surface area contributed by atoms with Crippen LogP contribution in [0, 0.1) is 0 Å². The Morgan fingerprint density at radius 1 is 1.00 bits per heavy atom. The predicted octanol–water partition coefficient (Wildman–Crippen LogP) is 2.61. The summed E-state index contributed by atoms with van der Waals surface area (Å²) >= 11 is 0. The molecule has 33 heavy (non-hydrogen) atoms. The van der Waals surface area contributed by atoms with E-state index in [4.69, 9.17) is 0 Å². The van der Waals surface area contributed by atoms with Crippen molar-refractivity contribution in [2.45, 2.75) is 48.8 Å². The van der Waals surface area contributed by atoms with Gasteiger partial charge in [0.25, 0.3) is 0 Å². The fourth-order valence-corrected chi connectivity index (χ4v) is 6.06. The number of hydrogen-bond acceptors (Lipinski definition) is 6. The van der Waals surface area contributed by atoms with Gasteiger partial charge in [-0.3, -0.25) is 4.79 Å². The molecule has 11 heteroatoms. The van der Waals surface area contributed by atoms with Gasteiger partial charge in [-0.1, -0.05) is 26.0 Å². The maximum Gasteiger partial charge on any atom is 0.243 e. The first-order valence-electron chi connectivity index (χ1n) is 10.7. The molecule has 1 fully saturated rings. The fraction of sp³-hybridized carbons (Fsp3) is 0.409. The number of rotatable bonds is 9. The Kier molecular flexibility index (Phi) is 7.78. The number of anilines is 1. The Morgan fingerprint density at radius 2 is 1.61 bits per heavy atom. The Labute approximate surface area is 194 Å². The number of carbonyl (C=O) groups is 1. The van der Waals surface area contributed by atoms with Gasteiger partial charge in [0, 0.05) is 26.1 Å². The quantitative estimate of drug-likeness (QED) is 0.458. The summed E-state index contributed by atoms with van der Waals surface area (Å²) in [5, 5.41) is 12.5. The first-order valence-corrected chi connectivity index (χ1v) is 13.7. The molecule has 3 N–H and O–H groups in total. The lowest BCUT2D eigenvalue weighted by Crippen LogP contribution is -2.28. The molecule has 1 aliphatic rings. The van der Waals surface area contributed by atoms with Crippen molar-refractivity contribution in [1.82, 2.24) is 9.03 Å². The van der Waals surface area contributed by atoms with Crippen LogP contribution >= 0.6 is 0 Å². The van der Waals surface area contributed by atoms with E-state index in [9.17, 15) is 26.7 Å². The van der Waals surface area contributed by atoms with Gasteiger partial charge in [-0.05, 0) is 54.7 Å². The first kappa shape index (κ1) is 25.2. The molecule has 2 aromatic rings. The van der Waals surface area contributed by atoms with E-state index in [1.165, 1.54) is 34.6 Å². The van der Waals surface area contributed by atoms with Crippen molar-refractivity contribution in [3.8, 4) is 5.75 Å². The van der Waals surface area contributed by atoms with Gasteiger partial charge in [-0.15, -0.1) is 0 Å². The van der Waals surface area contributed by atoms with E-state index in [0.29, 0.717) is 13.1 Å². The Balaban J connectivity index is 1.60. The molecule has 0 spiro atoms. The smallest absolute Gasteiger partial charge is 0.243 e. The minimum Gasteiger partial charge on any atom is -0.506 e. The minimum absolute atomic E-state index is 0.0250. The molecular formula is C22H29N3O6S2. The van der Waals surface area contributed by atoms with Crippen molar-refractivity contribution in [3.05, 3.63) is 48.0 Å². The lowest BCUT2D eigenvalue weighted by molar-refractivity contribution is -0.116. The zero-order valence-corrected chi connectivity index (χ0v) is 20.2. The molecule has 0 radical (unpaired) electrons. The summed E-state index contributed by atoms with van der Waals surface area (Å²) in [5.74, 6) is -0.577. The number of phenolic OH excluding ortho intramolecular Hbond substituents is 1. The van der Waals surface area contributed by atoms with Gasteiger partial charge in [0.2, 0.25) is 26.0 Å². The third-order valence-electron chi connectivity index (χ3n) is 5.45. The molecule has 0 unspecified atom stereocenters. The highest BCUT2D eigenvalue weighted by molar-refractivity contribution is 7.89. The summed E-state index contributed by atoms with van der Waals surface area (Å²) in [6, 6.07) is 10.2. The molecule has 180 valence electrons. The topological polar surface area (TPSA) is 133 Å². The van der Waals surface area contributed by atoms with Crippen molar-refractivity contribution >= 4 is 31.6 Å². The van der Waals surface area contributed by atoms with Crippen LogP contribution < -0.4 is 10.0 Å². The van der Waals surface area contributed by atoms with Crippen molar-refractivity contribution in [2.24, 2.45) is 0 Å². The second-order valence-electron chi connectivity index (χ2n) is 8.21. The SMILES string of the molecule is CC(C)c1ccc(S(=O)(=O)NCCC(=O)Nc2cc(S(=O)(=O)N3CCCC3)ccc2O)cc1. The van der Waals surface area contributed by atoms with Crippen LogP contribution in [0.5, 0.6) is 5.75 Å². The molecule has 0 bridgehead atoms. The number of sulfonamides is 2. The van der Waals surface area contributed by atoms with Crippen molar-refractivity contribution in [1.29, 1.82) is 0 Å². The molecule has 0 aliphatic carbocycles. The van der Waals surface area contributed by atoms with E-state index in [1.807, 2.05) is 13.8 Å². The van der Waals surface area contributed by atoms with Crippen LogP contribution in [-0.4, -0.2) is 51.8 Å². The lowest BCUT2D eigenvalue weighted by atomic mass is 10.0. The van der Waals surface area contributed by atoms with E-state index in [1.54, 1.807) is 12.1 Å². The van der Waals surface area contributed by atoms with E-state index < -0.39 is 26.0 Å². The molecule has 1 saturated heterocycles. The second kappa shape index (κ2) is 10.2. The molecule has 1 amide bonds.